The van der Waals surface area contributed by atoms with E-state index in [-0.39, 0.29) is 29.7 Å². The zero-order valence-corrected chi connectivity index (χ0v) is 13.5. The fourth-order valence-corrected chi connectivity index (χ4v) is 2.78. The molecule has 1 atom stereocenters. The Morgan fingerprint density at radius 3 is 2.79 bits per heavy atom. The van der Waals surface area contributed by atoms with E-state index < -0.39 is 16.4 Å². The van der Waals surface area contributed by atoms with Crippen molar-refractivity contribution < 1.29 is 9.72 Å². The number of aromatic nitrogens is 1. The molecular formula is C15H17ClN4O4. The number of H-pyrrole nitrogens is 1. The summed E-state index contributed by atoms with van der Waals surface area (Å²) in [5.74, 6) is -0.393. The smallest absolute Gasteiger partial charge is 0.270 e. The van der Waals surface area contributed by atoms with Gasteiger partial charge < -0.3 is 15.6 Å². The monoisotopic (exact) mass is 352 g/mol. The fourth-order valence-electron chi connectivity index (χ4n) is 2.78. The molecule has 2 heterocycles. The Labute approximate surface area is 143 Å². The van der Waals surface area contributed by atoms with Crippen molar-refractivity contribution in [1.82, 2.24) is 15.6 Å². The molecule has 1 aromatic heterocycles. The number of nitro benzene ring substituents is 1. The van der Waals surface area contributed by atoms with Crippen LogP contribution in [-0.4, -0.2) is 34.9 Å². The normalized spacial score (nSPS) is 17.1. The van der Waals surface area contributed by atoms with Gasteiger partial charge in [-0.25, -0.2) is 0 Å². The largest absolute Gasteiger partial charge is 0.348 e. The number of aromatic amines is 1. The van der Waals surface area contributed by atoms with E-state index in [1.54, 1.807) is 0 Å². The summed E-state index contributed by atoms with van der Waals surface area (Å²) in [6.07, 6.45) is 1.83. The van der Waals surface area contributed by atoms with Gasteiger partial charge in [0.1, 0.15) is 0 Å². The fraction of sp³-hybridized carbons (Fsp3) is 0.333. The molecule has 3 rings (SSSR count). The van der Waals surface area contributed by atoms with E-state index in [1.165, 1.54) is 24.3 Å². The van der Waals surface area contributed by atoms with E-state index in [2.05, 4.69) is 15.6 Å². The van der Waals surface area contributed by atoms with Gasteiger partial charge >= 0.3 is 0 Å². The topological polar surface area (TPSA) is 117 Å². The van der Waals surface area contributed by atoms with E-state index in [0.29, 0.717) is 17.4 Å². The first kappa shape index (κ1) is 17.9. The first-order chi connectivity index (χ1) is 11.0. The average molecular weight is 353 g/mol. The summed E-state index contributed by atoms with van der Waals surface area (Å²) in [6, 6.07) is 5.21. The van der Waals surface area contributed by atoms with Crippen LogP contribution in [-0.2, 0) is 0 Å². The first-order valence-electron chi connectivity index (χ1n) is 7.37. The minimum atomic E-state index is -0.530. The van der Waals surface area contributed by atoms with Gasteiger partial charge in [-0.15, -0.1) is 12.4 Å². The molecule has 1 aromatic carbocycles. The molecule has 1 aliphatic rings. The number of piperidine rings is 1. The average Bonchev–Trinajstić information content (AvgIpc) is 2.54. The number of amides is 1. The third kappa shape index (κ3) is 3.72. The van der Waals surface area contributed by atoms with E-state index >= 15 is 0 Å². The Kier molecular flexibility index (Phi) is 5.53. The van der Waals surface area contributed by atoms with Crippen LogP contribution in [0.2, 0.25) is 0 Å². The van der Waals surface area contributed by atoms with Crippen molar-refractivity contribution in [1.29, 1.82) is 0 Å². The third-order valence-electron chi connectivity index (χ3n) is 3.91. The minimum absolute atomic E-state index is 0. The van der Waals surface area contributed by atoms with Gasteiger partial charge in [-0.05, 0) is 25.5 Å². The van der Waals surface area contributed by atoms with Crippen LogP contribution >= 0.6 is 12.4 Å². The van der Waals surface area contributed by atoms with Gasteiger partial charge in [0.2, 0.25) is 5.56 Å². The van der Waals surface area contributed by atoms with Crippen LogP contribution in [0.5, 0.6) is 0 Å². The predicted octanol–water partition coefficient (Wildman–Crippen LogP) is 1.34. The summed E-state index contributed by atoms with van der Waals surface area (Å²) in [5.41, 5.74) is 0.00393. The van der Waals surface area contributed by atoms with E-state index in [0.717, 1.165) is 19.4 Å². The van der Waals surface area contributed by atoms with Crippen LogP contribution in [0.4, 0.5) is 5.69 Å². The third-order valence-corrected chi connectivity index (χ3v) is 3.91. The number of non-ortho nitro benzene ring substituents is 1. The number of benzene rings is 1. The highest BCUT2D eigenvalue weighted by atomic mass is 35.5. The summed E-state index contributed by atoms with van der Waals surface area (Å²) in [5, 5.41) is 17.4. The number of nitrogens with zero attached hydrogens (tertiary/aromatic N) is 1. The van der Waals surface area contributed by atoms with E-state index in [9.17, 15) is 19.7 Å². The summed E-state index contributed by atoms with van der Waals surface area (Å²) in [6.45, 7) is 1.60. The quantitative estimate of drug-likeness (QED) is 0.569. The molecule has 8 nitrogen and oxygen atoms in total. The lowest BCUT2D eigenvalue weighted by atomic mass is 10.0. The molecule has 1 fully saturated rings. The highest BCUT2D eigenvalue weighted by molar-refractivity contribution is 6.06. The van der Waals surface area contributed by atoms with Crippen LogP contribution in [0, 0.1) is 10.1 Å². The number of hydrogen-bond acceptors (Lipinski definition) is 5. The van der Waals surface area contributed by atoms with Gasteiger partial charge in [-0.2, -0.15) is 0 Å². The van der Waals surface area contributed by atoms with Crippen molar-refractivity contribution >= 4 is 34.9 Å². The first-order valence-corrected chi connectivity index (χ1v) is 7.37. The molecule has 128 valence electrons. The van der Waals surface area contributed by atoms with Crippen molar-refractivity contribution in [2.45, 2.75) is 18.9 Å². The Morgan fingerprint density at radius 1 is 1.33 bits per heavy atom. The Balaban J connectivity index is 0.00000208. The van der Waals surface area contributed by atoms with E-state index in [1.807, 2.05) is 0 Å². The second kappa shape index (κ2) is 7.41. The lowest BCUT2D eigenvalue weighted by Crippen LogP contribution is -2.45. The molecule has 1 amide bonds. The van der Waals surface area contributed by atoms with Crippen molar-refractivity contribution in [3.63, 3.8) is 0 Å². The second-order valence-electron chi connectivity index (χ2n) is 5.55. The summed E-state index contributed by atoms with van der Waals surface area (Å²) >= 11 is 0. The lowest BCUT2D eigenvalue weighted by molar-refractivity contribution is -0.384. The van der Waals surface area contributed by atoms with Gasteiger partial charge in [0.05, 0.1) is 10.5 Å². The molecule has 9 heteroatoms. The van der Waals surface area contributed by atoms with Crippen molar-refractivity contribution in [3.8, 4) is 0 Å². The number of nitro groups is 1. The molecule has 1 aliphatic heterocycles. The van der Waals surface area contributed by atoms with Gasteiger partial charge in [0, 0.05) is 41.7 Å². The van der Waals surface area contributed by atoms with Crippen molar-refractivity contribution in [3.05, 3.63) is 50.3 Å². The van der Waals surface area contributed by atoms with E-state index in [4.69, 9.17) is 0 Å². The highest BCUT2D eigenvalue weighted by Gasteiger charge is 2.19. The molecule has 0 aliphatic carbocycles. The standard InChI is InChI=1S/C15H16N4O4.ClH/c20-14-7-12(15(21)17-9-2-1-5-16-8-9)11-6-10(19(22)23)3-4-13(11)18-14;/h3-4,6-7,9,16H,1-2,5,8H2,(H,17,21)(H,18,20);1H. The number of fused-ring (bicyclic) bond motifs is 1. The SMILES string of the molecule is Cl.O=C(NC1CCCNC1)c1cc(=O)[nH]c2ccc([N+](=O)[O-])cc12. The number of pyridine rings is 1. The molecule has 0 saturated carbocycles. The number of carbonyl (C=O) groups excluding carboxylic acids is 1. The Hall–Kier alpha value is -2.45. The van der Waals surface area contributed by atoms with Crippen LogP contribution in [0.1, 0.15) is 23.2 Å². The highest BCUT2D eigenvalue weighted by Crippen LogP contribution is 2.21. The van der Waals surface area contributed by atoms with Crippen molar-refractivity contribution in [2.24, 2.45) is 0 Å². The molecule has 0 radical (unpaired) electrons. The Morgan fingerprint density at radius 2 is 2.12 bits per heavy atom. The molecule has 0 bridgehead atoms. The summed E-state index contributed by atoms with van der Waals surface area (Å²) < 4.78 is 0. The second-order valence-corrected chi connectivity index (χ2v) is 5.55. The molecular weight excluding hydrogens is 336 g/mol. The summed E-state index contributed by atoms with van der Waals surface area (Å²) in [4.78, 5) is 37.2. The maximum absolute atomic E-state index is 12.5. The molecule has 3 N–H and O–H groups in total. The summed E-state index contributed by atoms with van der Waals surface area (Å²) in [7, 11) is 0. The molecule has 24 heavy (non-hydrogen) atoms. The maximum Gasteiger partial charge on any atom is 0.270 e. The number of halogens is 1. The van der Waals surface area contributed by atoms with Gasteiger partial charge in [-0.3, -0.25) is 19.7 Å². The van der Waals surface area contributed by atoms with Gasteiger partial charge in [0.15, 0.2) is 0 Å². The molecule has 1 saturated heterocycles. The van der Waals surface area contributed by atoms with Crippen LogP contribution in [0.3, 0.4) is 0 Å². The number of rotatable bonds is 3. The zero-order chi connectivity index (χ0) is 16.4. The molecule has 0 spiro atoms. The maximum atomic E-state index is 12.5. The van der Waals surface area contributed by atoms with Gasteiger partial charge in [-0.1, -0.05) is 0 Å². The molecule has 2 aromatic rings. The minimum Gasteiger partial charge on any atom is -0.348 e. The number of carbonyl (C=O) groups is 1. The van der Waals surface area contributed by atoms with Crippen LogP contribution < -0.4 is 16.2 Å². The molecule has 1 unspecified atom stereocenters. The number of nitrogens with one attached hydrogen (secondary N) is 3. The lowest BCUT2D eigenvalue weighted by Gasteiger charge is -2.24. The zero-order valence-electron chi connectivity index (χ0n) is 12.7. The number of hydrogen-bond donors (Lipinski definition) is 3. The Bertz CT molecular complexity index is 830. The predicted molar refractivity (Wildman–Crippen MR) is 91.8 cm³/mol. The van der Waals surface area contributed by atoms with Crippen LogP contribution in [0.15, 0.2) is 29.1 Å². The van der Waals surface area contributed by atoms with Gasteiger partial charge in [0.25, 0.3) is 11.6 Å². The van der Waals surface area contributed by atoms with Crippen molar-refractivity contribution in [2.75, 3.05) is 13.1 Å². The van der Waals surface area contributed by atoms with Crippen LogP contribution in [0.25, 0.3) is 10.9 Å².